The molecule has 3 N–H and O–H groups in total. The Kier molecular flexibility index (Phi) is 5.64. The molecule has 1 spiro atoms. The van der Waals surface area contributed by atoms with Gasteiger partial charge in [-0.25, -0.2) is 0 Å². The van der Waals surface area contributed by atoms with Crippen molar-refractivity contribution in [3.63, 3.8) is 0 Å². The Balaban J connectivity index is 1.59. The maximum Gasteiger partial charge on any atom is 0.310 e. The number of fused-ring (bicyclic) bond motifs is 3. The lowest BCUT2D eigenvalue weighted by Gasteiger charge is -2.49. The molecule has 0 aromatic heterocycles. The van der Waals surface area contributed by atoms with Crippen LogP contribution < -0.4 is 0 Å². The number of aliphatic hydroxyl groups excluding tert-OH is 2. The predicted octanol–water partition coefficient (Wildman–Crippen LogP) is 2.70. The molecule has 3 fully saturated rings. The summed E-state index contributed by atoms with van der Waals surface area (Å²) in [5.41, 5.74) is -2.90. The number of carbonyl (C=O) groups excluding carboxylic acids is 2. The van der Waals surface area contributed by atoms with Gasteiger partial charge in [0.1, 0.15) is 6.10 Å². The van der Waals surface area contributed by atoms with E-state index in [0.717, 1.165) is 12.8 Å². The van der Waals surface area contributed by atoms with Gasteiger partial charge in [-0.3, -0.25) is 9.59 Å². The Morgan fingerprint density at radius 3 is 2.63 bits per heavy atom. The molecule has 7 nitrogen and oxygen atoms in total. The second-order valence-corrected chi connectivity index (χ2v) is 12.3. The van der Waals surface area contributed by atoms with Crippen molar-refractivity contribution in [3.8, 4) is 6.07 Å². The summed E-state index contributed by atoms with van der Waals surface area (Å²) >= 11 is 0. The molecule has 0 aromatic rings. The molecule has 35 heavy (non-hydrogen) atoms. The molecule has 5 rings (SSSR count). The first-order valence-corrected chi connectivity index (χ1v) is 13.0. The number of hydrogen-bond donors (Lipinski definition) is 3. The second kappa shape index (κ2) is 7.99. The fraction of sp³-hybridized carbons (Fsp3) is 0.750. The van der Waals surface area contributed by atoms with Gasteiger partial charge in [-0.2, -0.15) is 5.26 Å². The highest BCUT2D eigenvalue weighted by atomic mass is 16.6. The molecule has 0 amide bonds. The molecular weight excluding hydrogens is 446 g/mol. The van der Waals surface area contributed by atoms with E-state index >= 15 is 0 Å². The average molecular weight is 484 g/mol. The predicted molar refractivity (Wildman–Crippen MR) is 126 cm³/mol. The third-order valence-electron chi connectivity index (χ3n) is 10.4. The van der Waals surface area contributed by atoms with Crippen molar-refractivity contribution in [1.82, 2.24) is 0 Å². The van der Waals surface area contributed by atoms with E-state index in [1.807, 2.05) is 6.92 Å². The van der Waals surface area contributed by atoms with Gasteiger partial charge in [-0.05, 0) is 60.5 Å². The number of esters is 1. The molecule has 3 saturated carbocycles. The lowest BCUT2D eigenvalue weighted by molar-refractivity contribution is -0.206. The van der Waals surface area contributed by atoms with Crippen LogP contribution in [0.3, 0.4) is 0 Å². The summed E-state index contributed by atoms with van der Waals surface area (Å²) in [6.45, 7) is 7.46. The number of rotatable bonds is 3. The maximum absolute atomic E-state index is 14.4. The average Bonchev–Trinajstić information content (AvgIpc) is 3.32. The molecule has 0 aromatic carbocycles. The van der Waals surface area contributed by atoms with Gasteiger partial charge < -0.3 is 20.1 Å². The van der Waals surface area contributed by atoms with Gasteiger partial charge in [0.05, 0.1) is 29.9 Å². The molecule has 0 aliphatic heterocycles. The first kappa shape index (κ1) is 24.7. The molecule has 5 aliphatic carbocycles. The Bertz CT molecular complexity index is 1050. The van der Waals surface area contributed by atoms with Crippen LogP contribution in [0.4, 0.5) is 0 Å². The van der Waals surface area contributed by atoms with Gasteiger partial charge >= 0.3 is 5.97 Å². The van der Waals surface area contributed by atoms with Crippen LogP contribution in [0.2, 0.25) is 0 Å². The van der Waals surface area contributed by atoms with Gasteiger partial charge in [0, 0.05) is 5.92 Å². The highest BCUT2D eigenvalue weighted by Crippen LogP contribution is 2.71. The Morgan fingerprint density at radius 2 is 1.97 bits per heavy atom. The Hall–Kier alpha value is -2.01. The molecular formula is C28H37NO6. The smallest absolute Gasteiger partial charge is 0.310 e. The number of hydrogen-bond acceptors (Lipinski definition) is 7. The second-order valence-electron chi connectivity index (χ2n) is 12.3. The van der Waals surface area contributed by atoms with Crippen molar-refractivity contribution >= 4 is 11.8 Å². The van der Waals surface area contributed by atoms with Crippen LogP contribution in [0.25, 0.3) is 0 Å². The minimum Gasteiger partial charge on any atom is -0.454 e. The van der Waals surface area contributed by atoms with E-state index in [4.69, 9.17) is 4.74 Å². The van der Waals surface area contributed by atoms with Gasteiger partial charge in [0.25, 0.3) is 0 Å². The van der Waals surface area contributed by atoms with E-state index in [9.17, 15) is 30.2 Å². The van der Waals surface area contributed by atoms with Crippen LogP contribution >= 0.6 is 0 Å². The largest absolute Gasteiger partial charge is 0.454 e. The van der Waals surface area contributed by atoms with Crippen LogP contribution in [0.1, 0.15) is 59.8 Å². The molecule has 3 unspecified atom stereocenters. The fourth-order valence-corrected chi connectivity index (χ4v) is 8.36. The summed E-state index contributed by atoms with van der Waals surface area (Å²) in [6.07, 6.45) is 4.17. The van der Waals surface area contributed by atoms with E-state index in [1.165, 1.54) is 0 Å². The topological polar surface area (TPSA) is 128 Å². The normalized spacial score (nSPS) is 47.8. The van der Waals surface area contributed by atoms with E-state index < -0.39 is 53.6 Å². The molecule has 0 heterocycles. The van der Waals surface area contributed by atoms with Crippen molar-refractivity contribution in [2.24, 2.45) is 46.3 Å². The van der Waals surface area contributed by atoms with E-state index in [2.05, 4.69) is 19.9 Å². The summed E-state index contributed by atoms with van der Waals surface area (Å²) in [7, 11) is 0. The number of allylic oxidation sites excluding steroid dienone is 1. The molecule has 10 atom stereocenters. The third-order valence-corrected chi connectivity index (χ3v) is 10.4. The van der Waals surface area contributed by atoms with Crippen LogP contribution in [-0.2, 0) is 14.3 Å². The number of nitriles is 1. The first-order chi connectivity index (χ1) is 16.5. The maximum atomic E-state index is 14.4. The number of Topliss-reactive ketones (excluding diaryl/α,β-unsaturated/α-hetero) is 1. The van der Waals surface area contributed by atoms with Crippen LogP contribution in [-0.4, -0.2) is 51.5 Å². The molecule has 0 radical (unpaired) electrons. The SMILES string of the molecule is CC1=C[C@]23C(=O)C(C=C(CO)[C@@H](O)[C@]2(O)[C@H]1OC(=O)C1CCCCC1C#N)[C@H]1[C@@H](C[C@H]3C)C1(C)C. The van der Waals surface area contributed by atoms with Gasteiger partial charge in [0.2, 0.25) is 0 Å². The number of ketones is 1. The van der Waals surface area contributed by atoms with Gasteiger partial charge in [0.15, 0.2) is 17.5 Å². The molecule has 0 saturated heterocycles. The Labute approximate surface area is 206 Å². The molecule has 5 aliphatic rings. The van der Waals surface area contributed by atoms with Crippen LogP contribution in [0.15, 0.2) is 23.3 Å². The number of nitrogens with zero attached hydrogens (tertiary/aromatic N) is 1. The minimum absolute atomic E-state index is 0.0445. The van der Waals surface area contributed by atoms with Crippen molar-refractivity contribution < 1.29 is 29.6 Å². The first-order valence-electron chi connectivity index (χ1n) is 13.0. The standard InChI is InChI=1S/C28H37NO6/c1-14-11-27-15(2)9-20-21(26(20,3)4)19(23(27)32)10-17(13-30)22(31)28(27,34)24(14)35-25(33)18-8-6-5-7-16(18)12-29/h10-11,15-16,18-22,24,30-31,34H,5-9,13H2,1-4H3/t15-,16?,18?,19?,20-,21+,22-,24+,27+,28+/m1/s1. The third kappa shape index (κ3) is 3.06. The summed E-state index contributed by atoms with van der Waals surface area (Å²) < 4.78 is 5.96. The number of carbonyl (C=O) groups is 2. The molecule has 7 heteroatoms. The van der Waals surface area contributed by atoms with Crippen molar-refractivity contribution in [2.45, 2.75) is 77.6 Å². The van der Waals surface area contributed by atoms with E-state index in [-0.39, 0.29) is 34.5 Å². The van der Waals surface area contributed by atoms with Crippen LogP contribution in [0.5, 0.6) is 0 Å². The van der Waals surface area contributed by atoms with Crippen molar-refractivity contribution in [2.75, 3.05) is 6.61 Å². The summed E-state index contributed by atoms with van der Waals surface area (Å²) in [6, 6.07) is 2.22. The molecule has 2 bridgehead atoms. The quantitative estimate of drug-likeness (QED) is 0.416. The summed E-state index contributed by atoms with van der Waals surface area (Å²) in [4.78, 5) is 27.7. The lowest BCUT2D eigenvalue weighted by Crippen LogP contribution is -2.66. The van der Waals surface area contributed by atoms with Crippen LogP contribution in [0, 0.1) is 57.7 Å². The zero-order chi connectivity index (χ0) is 25.5. The van der Waals surface area contributed by atoms with Gasteiger partial charge in [-0.15, -0.1) is 0 Å². The van der Waals surface area contributed by atoms with Crippen molar-refractivity contribution in [3.05, 3.63) is 23.3 Å². The monoisotopic (exact) mass is 483 g/mol. The Morgan fingerprint density at radius 1 is 1.29 bits per heavy atom. The highest BCUT2D eigenvalue weighted by Gasteiger charge is 2.76. The number of aliphatic hydroxyl groups is 3. The summed E-state index contributed by atoms with van der Waals surface area (Å²) in [5, 5.41) is 43.8. The zero-order valence-corrected chi connectivity index (χ0v) is 21.0. The zero-order valence-electron chi connectivity index (χ0n) is 21.0. The fourth-order valence-electron chi connectivity index (χ4n) is 8.36. The highest BCUT2D eigenvalue weighted by molar-refractivity contribution is 5.95. The lowest BCUT2D eigenvalue weighted by atomic mass is 9.59. The minimum atomic E-state index is -2.13. The van der Waals surface area contributed by atoms with Crippen molar-refractivity contribution in [1.29, 1.82) is 5.26 Å². The van der Waals surface area contributed by atoms with E-state index in [0.29, 0.717) is 24.8 Å². The summed E-state index contributed by atoms with van der Waals surface area (Å²) in [5.74, 6) is -2.27. The van der Waals surface area contributed by atoms with Gasteiger partial charge in [-0.1, -0.05) is 45.8 Å². The number of ether oxygens (including phenoxy) is 1. The molecule has 190 valence electrons. The van der Waals surface area contributed by atoms with E-state index in [1.54, 1.807) is 19.1 Å².